The summed E-state index contributed by atoms with van der Waals surface area (Å²) in [6.45, 7) is 5.34. The maximum absolute atomic E-state index is 5.06. The average molecular weight is 235 g/mol. The van der Waals surface area contributed by atoms with Gasteiger partial charge in [0.25, 0.3) is 0 Å². The predicted molar refractivity (Wildman–Crippen MR) is 67.4 cm³/mol. The summed E-state index contributed by atoms with van der Waals surface area (Å²) in [5.74, 6) is 0.588. The van der Waals surface area contributed by atoms with E-state index in [1.807, 2.05) is 17.4 Å². The van der Waals surface area contributed by atoms with Gasteiger partial charge in [0.05, 0.1) is 12.5 Å². The van der Waals surface area contributed by atoms with Crippen LogP contribution >= 0.6 is 11.3 Å². The van der Waals surface area contributed by atoms with Crippen molar-refractivity contribution in [3.63, 3.8) is 0 Å². The minimum absolute atomic E-state index is 0.426. The topological polar surface area (TPSA) is 25.2 Å². The van der Waals surface area contributed by atoms with Crippen LogP contribution in [0.15, 0.2) is 40.5 Å². The molecule has 0 aliphatic carbocycles. The van der Waals surface area contributed by atoms with E-state index in [0.29, 0.717) is 12.0 Å². The first-order valence-electron chi connectivity index (χ1n) is 5.55. The highest BCUT2D eigenvalue weighted by Gasteiger charge is 2.15. The molecule has 0 aliphatic heterocycles. The fourth-order valence-electron chi connectivity index (χ4n) is 1.75. The summed E-state index contributed by atoms with van der Waals surface area (Å²) in [6, 6.07) is 6.72. The van der Waals surface area contributed by atoms with Crippen LogP contribution in [-0.4, -0.2) is 0 Å². The monoisotopic (exact) mass is 235 g/mol. The van der Waals surface area contributed by atoms with Crippen LogP contribution in [-0.2, 0) is 6.54 Å². The fourth-order valence-corrected chi connectivity index (χ4v) is 2.73. The average Bonchev–Trinajstić information content (AvgIpc) is 2.88. The standard InChI is InChI=1S/C13H17NOS/c1-10(2)13(12-4-3-7-16-12)14-8-11-5-6-15-9-11/h3-7,9-10,13-14H,8H2,1-2H3. The van der Waals surface area contributed by atoms with Gasteiger partial charge in [-0.15, -0.1) is 11.3 Å². The maximum atomic E-state index is 5.06. The van der Waals surface area contributed by atoms with Crippen molar-refractivity contribution in [3.05, 3.63) is 46.5 Å². The van der Waals surface area contributed by atoms with Crippen molar-refractivity contribution in [2.45, 2.75) is 26.4 Å². The molecule has 0 fully saturated rings. The Balaban J connectivity index is 1.99. The van der Waals surface area contributed by atoms with Crippen molar-refractivity contribution in [1.29, 1.82) is 0 Å². The van der Waals surface area contributed by atoms with Crippen LogP contribution in [0.4, 0.5) is 0 Å². The van der Waals surface area contributed by atoms with Crippen LogP contribution in [0.25, 0.3) is 0 Å². The molecule has 2 aromatic rings. The minimum Gasteiger partial charge on any atom is -0.472 e. The minimum atomic E-state index is 0.426. The summed E-state index contributed by atoms with van der Waals surface area (Å²) < 4.78 is 5.06. The van der Waals surface area contributed by atoms with Gasteiger partial charge in [0.1, 0.15) is 0 Å². The van der Waals surface area contributed by atoms with E-state index < -0.39 is 0 Å². The molecule has 2 nitrogen and oxygen atoms in total. The Morgan fingerprint density at radius 3 is 2.81 bits per heavy atom. The summed E-state index contributed by atoms with van der Waals surface area (Å²) in [6.07, 6.45) is 3.51. The Morgan fingerprint density at radius 2 is 2.25 bits per heavy atom. The van der Waals surface area contributed by atoms with Gasteiger partial charge in [-0.1, -0.05) is 19.9 Å². The van der Waals surface area contributed by atoms with Gasteiger partial charge < -0.3 is 9.73 Å². The summed E-state index contributed by atoms with van der Waals surface area (Å²) in [4.78, 5) is 1.40. The third-order valence-electron chi connectivity index (χ3n) is 2.62. The highest BCUT2D eigenvalue weighted by Crippen LogP contribution is 2.26. The molecule has 1 atom stereocenters. The van der Waals surface area contributed by atoms with Crippen LogP contribution in [0.3, 0.4) is 0 Å². The first kappa shape index (κ1) is 11.4. The Kier molecular flexibility index (Phi) is 3.80. The van der Waals surface area contributed by atoms with Gasteiger partial charge in [0.15, 0.2) is 0 Å². The van der Waals surface area contributed by atoms with E-state index in [2.05, 4.69) is 36.7 Å². The molecule has 0 saturated carbocycles. The molecule has 1 unspecified atom stereocenters. The summed E-state index contributed by atoms with van der Waals surface area (Å²) >= 11 is 1.81. The van der Waals surface area contributed by atoms with Crippen LogP contribution < -0.4 is 5.32 Å². The van der Waals surface area contributed by atoms with Crippen molar-refractivity contribution in [3.8, 4) is 0 Å². The first-order chi connectivity index (χ1) is 7.77. The number of nitrogens with one attached hydrogen (secondary N) is 1. The molecule has 0 bridgehead atoms. The SMILES string of the molecule is CC(C)C(NCc1ccoc1)c1cccs1. The number of hydrogen-bond acceptors (Lipinski definition) is 3. The van der Waals surface area contributed by atoms with Crippen LogP contribution in [0.2, 0.25) is 0 Å². The Labute approximate surface area is 100 Å². The molecule has 0 saturated heterocycles. The smallest absolute Gasteiger partial charge is 0.0947 e. The van der Waals surface area contributed by atoms with Crippen molar-refractivity contribution in [1.82, 2.24) is 5.32 Å². The van der Waals surface area contributed by atoms with Gasteiger partial charge in [-0.25, -0.2) is 0 Å². The van der Waals surface area contributed by atoms with E-state index in [4.69, 9.17) is 4.42 Å². The molecule has 1 N–H and O–H groups in total. The zero-order valence-corrected chi connectivity index (χ0v) is 10.5. The first-order valence-corrected chi connectivity index (χ1v) is 6.43. The van der Waals surface area contributed by atoms with Crippen molar-refractivity contribution in [2.24, 2.45) is 5.92 Å². The number of furan rings is 1. The zero-order chi connectivity index (χ0) is 11.4. The van der Waals surface area contributed by atoms with E-state index in [1.165, 1.54) is 10.4 Å². The molecule has 0 spiro atoms. The second-order valence-electron chi connectivity index (χ2n) is 4.25. The number of rotatable bonds is 5. The van der Waals surface area contributed by atoms with Gasteiger partial charge in [-0.05, 0) is 23.4 Å². The van der Waals surface area contributed by atoms with Crippen molar-refractivity contribution >= 4 is 11.3 Å². The summed E-state index contributed by atoms with van der Waals surface area (Å²) in [7, 11) is 0. The lowest BCUT2D eigenvalue weighted by molar-refractivity contribution is 0.415. The molecule has 16 heavy (non-hydrogen) atoms. The molecule has 3 heteroatoms. The van der Waals surface area contributed by atoms with Crippen LogP contribution in [0, 0.1) is 5.92 Å². The fraction of sp³-hybridized carbons (Fsp3) is 0.385. The second kappa shape index (κ2) is 5.32. The molecule has 2 aromatic heterocycles. The lowest BCUT2D eigenvalue weighted by atomic mass is 10.0. The van der Waals surface area contributed by atoms with Crippen LogP contribution in [0.1, 0.15) is 30.3 Å². The van der Waals surface area contributed by atoms with E-state index in [-0.39, 0.29) is 0 Å². The third-order valence-corrected chi connectivity index (χ3v) is 3.58. The van der Waals surface area contributed by atoms with Crippen molar-refractivity contribution < 1.29 is 4.42 Å². The van der Waals surface area contributed by atoms with Gasteiger partial charge in [-0.3, -0.25) is 0 Å². The molecule has 0 radical (unpaired) electrons. The Hall–Kier alpha value is -1.06. The molecular weight excluding hydrogens is 218 g/mol. The van der Waals surface area contributed by atoms with Crippen LogP contribution in [0.5, 0.6) is 0 Å². The van der Waals surface area contributed by atoms with Crippen molar-refractivity contribution in [2.75, 3.05) is 0 Å². The third kappa shape index (κ3) is 2.74. The number of thiophene rings is 1. The Morgan fingerprint density at radius 1 is 1.38 bits per heavy atom. The highest BCUT2D eigenvalue weighted by molar-refractivity contribution is 7.10. The normalized spacial score (nSPS) is 13.2. The lowest BCUT2D eigenvalue weighted by Crippen LogP contribution is -2.24. The molecule has 0 aromatic carbocycles. The van der Waals surface area contributed by atoms with Gasteiger partial charge in [0.2, 0.25) is 0 Å². The molecule has 2 heterocycles. The lowest BCUT2D eigenvalue weighted by Gasteiger charge is -2.20. The Bertz CT molecular complexity index is 392. The largest absolute Gasteiger partial charge is 0.472 e. The van der Waals surface area contributed by atoms with E-state index in [0.717, 1.165) is 6.54 Å². The summed E-state index contributed by atoms with van der Waals surface area (Å²) in [5.41, 5.74) is 1.20. The molecular formula is C13H17NOS. The zero-order valence-electron chi connectivity index (χ0n) is 9.64. The van der Waals surface area contributed by atoms with E-state index in [1.54, 1.807) is 12.5 Å². The molecule has 2 rings (SSSR count). The molecule has 86 valence electrons. The molecule has 0 aliphatic rings. The number of hydrogen-bond donors (Lipinski definition) is 1. The maximum Gasteiger partial charge on any atom is 0.0947 e. The highest BCUT2D eigenvalue weighted by atomic mass is 32.1. The van der Waals surface area contributed by atoms with Gasteiger partial charge >= 0.3 is 0 Å². The van der Waals surface area contributed by atoms with Gasteiger partial charge in [0, 0.05) is 23.0 Å². The quantitative estimate of drug-likeness (QED) is 0.852. The molecule has 0 amide bonds. The second-order valence-corrected chi connectivity index (χ2v) is 5.23. The van der Waals surface area contributed by atoms with Gasteiger partial charge in [-0.2, -0.15) is 0 Å². The predicted octanol–water partition coefficient (Wildman–Crippen LogP) is 3.83. The summed E-state index contributed by atoms with van der Waals surface area (Å²) in [5, 5.41) is 5.70. The van der Waals surface area contributed by atoms with E-state index >= 15 is 0 Å². The van der Waals surface area contributed by atoms with E-state index in [9.17, 15) is 0 Å².